The minimum Gasteiger partial charge on any atom is -0.500 e. The van der Waals surface area contributed by atoms with Gasteiger partial charge in [-0.05, 0) is 99.1 Å². The summed E-state index contributed by atoms with van der Waals surface area (Å²) in [4.78, 5) is 4.95. The van der Waals surface area contributed by atoms with Gasteiger partial charge in [0.1, 0.15) is 11.2 Å². The van der Waals surface area contributed by atoms with Crippen molar-refractivity contribution in [3.8, 4) is 0 Å². The number of alkyl halides is 3. The Hall–Kier alpha value is -3.10. The molecule has 1 aromatic carbocycles. The zero-order chi connectivity index (χ0) is 31.5. The molecule has 8 heteroatoms. The van der Waals surface area contributed by atoms with Crippen molar-refractivity contribution >= 4 is 11.4 Å². The number of fused-ring (bicyclic) bond motifs is 1. The molecule has 2 N–H and O–H groups in total. The Kier molecular flexibility index (Phi) is 9.61. The van der Waals surface area contributed by atoms with Gasteiger partial charge in [-0.2, -0.15) is 13.2 Å². The van der Waals surface area contributed by atoms with E-state index in [1.165, 1.54) is 50.0 Å². The lowest BCUT2D eigenvalue weighted by Crippen LogP contribution is -2.35. The van der Waals surface area contributed by atoms with E-state index >= 15 is 0 Å². The Bertz CT molecular complexity index is 1370. The van der Waals surface area contributed by atoms with E-state index < -0.39 is 17.2 Å². The van der Waals surface area contributed by atoms with E-state index in [0.29, 0.717) is 12.0 Å². The molecule has 44 heavy (non-hydrogen) atoms. The summed E-state index contributed by atoms with van der Waals surface area (Å²) < 4.78 is 51.3. The SMILES string of the molecule is C=C(/C=C(\OC)C1(C(F)(F)F)CC1)CC(C)(O)Cc1ccc(C2=CNC3C=C(CCCC4CCOCC4)C(C)=CC3=N2)cc1. The number of halogens is 3. The molecule has 1 saturated heterocycles. The van der Waals surface area contributed by atoms with Crippen molar-refractivity contribution in [3.63, 3.8) is 0 Å². The van der Waals surface area contributed by atoms with Crippen molar-refractivity contribution in [2.45, 2.75) is 89.5 Å². The molecule has 5 nitrogen and oxygen atoms in total. The molecule has 0 amide bonds. The fourth-order valence-corrected chi connectivity index (χ4v) is 6.65. The lowest BCUT2D eigenvalue weighted by Gasteiger charge is -2.27. The van der Waals surface area contributed by atoms with Gasteiger partial charge in [-0.3, -0.25) is 0 Å². The molecular formula is C36H45F3N2O3. The molecule has 5 rings (SSSR count). The van der Waals surface area contributed by atoms with Gasteiger partial charge in [-0.15, -0.1) is 0 Å². The molecule has 2 aliphatic carbocycles. The highest BCUT2D eigenvalue weighted by Crippen LogP contribution is 2.62. The van der Waals surface area contributed by atoms with Crippen LogP contribution in [0.25, 0.3) is 5.70 Å². The van der Waals surface area contributed by atoms with E-state index in [0.717, 1.165) is 48.1 Å². The maximum Gasteiger partial charge on any atom is 0.401 e. The zero-order valence-electron chi connectivity index (χ0n) is 26.1. The fraction of sp³-hybridized carbons (Fsp3) is 0.528. The zero-order valence-corrected chi connectivity index (χ0v) is 26.1. The van der Waals surface area contributed by atoms with Gasteiger partial charge >= 0.3 is 6.18 Å². The summed E-state index contributed by atoms with van der Waals surface area (Å²) in [6.45, 7) is 9.56. The highest BCUT2D eigenvalue weighted by molar-refractivity contribution is 6.06. The van der Waals surface area contributed by atoms with Crippen LogP contribution in [0.4, 0.5) is 13.2 Å². The summed E-state index contributed by atoms with van der Waals surface area (Å²) >= 11 is 0. The summed E-state index contributed by atoms with van der Waals surface area (Å²) in [6, 6.07) is 7.95. The highest BCUT2D eigenvalue weighted by Gasteiger charge is 2.66. The monoisotopic (exact) mass is 610 g/mol. The van der Waals surface area contributed by atoms with Crippen molar-refractivity contribution < 1.29 is 27.8 Å². The number of aliphatic hydroxyl groups is 1. The Morgan fingerprint density at radius 1 is 1.20 bits per heavy atom. The second kappa shape index (κ2) is 13.1. The van der Waals surface area contributed by atoms with Crippen LogP contribution in [0.5, 0.6) is 0 Å². The average Bonchev–Trinajstić information content (AvgIpc) is 3.79. The number of hydrogen-bond acceptors (Lipinski definition) is 5. The minimum absolute atomic E-state index is 0.00903. The van der Waals surface area contributed by atoms with E-state index in [1.807, 2.05) is 30.5 Å². The maximum atomic E-state index is 13.6. The van der Waals surface area contributed by atoms with E-state index in [1.54, 1.807) is 6.92 Å². The second-order valence-corrected chi connectivity index (χ2v) is 13.2. The fourth-order valence-electron chi connectivity index (χ4n) is 6.65. The van der Waals surface area contributed by atoms with Gasteiger partial charge < -0.3 is 19.9 Å². The lowest BCUT2D eigenvalue weighted by molar-refractivity contribution is -0.184. The van der Waals surface area contributed by atoms with Gasteiger partial charge in [0.25, 0.3) is 0 Å². The average molecular weight is 611 g/mol. The quantitative estimate of drug-likeness (QED) is 0.186. The van der Waals surface area contributed by atoms with Crippen LogP contribution in [0.1, 0.15) is 76.3 Å². The number of aliphatic imine (C=N–C) groups is 1. The summed E-state index contributed by atoms with van der Waals surface area (Å²) in [5.41, 5.74) is 3.67. The van der Waals surface area contributed by atoms with E-state index in [9.17, 15) is 18.3 Å². The first-order valence-corrected chi connectivity index (χ1v) is 15.7. The minimum atomic E-state index is -4.37. The number of rotatable bonds is 12. The van der Waals surface area contributed by atoms with Crippen LogP contribution in [0.2, 0.25) is 0 Å². The van der Waals surface area contributed by atoms with Crippen LogP contribution < -0.4 is 5.32 Å². The van der Waals surface area contributed by atoms with Crippen LogP contribution in [0.15, 0.2) is 82.7 Å². The Labute approximate surface area is 259 Å². The second-order valence-electron chi connectivity index (χ2n) is 13.2. The van der Waals surface area contributed by atoms with Gasteiger partial charge in [0.05, 0.1) is 30.2 Å². The molecule has 2 unspecified atom stereocenters. The third kappa shape index (κ3) is 7.57. The first-order chi connectivity index (χ1) is 20.9. The van der Waals surface area contributed by atoms with Gasteiger partial charge in [0.15, 0.2) is 0 Å². The predicted octanol–water partition coefficient (Wildman–Crippen LogP) is 7.99. The first-order valence-electron chi connectivity index (χ1n) is 15.7. The summed E-state index contributed by atoms with van der Waals surface area (Å²) in [6.07, 6.45) is 9.79. The number of allylic oxidation sites excluding steroid dienone is 4. The molecule has 2 heterocycles. The molecule has 2 aliphatic heterocycles. The lowest BCUT2D eigenvalue weighted by atomic mass is 9.87. The van der Waals surface area contributed by atoms with E-state index in [4.69, 9.17) is 14.5 Å². The predicted molar refractivity (Wildman–Crippen MR) is 169 cm³/mol. The van der Waals surface area contributed by atoms with Gasteiger partial charge in [-0.25, -0.2) is 4.99 Å². The standard InChI is InChI=1S/C36H45F3N2O3/c1-24(18-33(43-4)35(14-15-35)36(37,38)39)21-34(3,42)22-27-8-10-28(11-9-27)32-23-40-30-20-29(25(2)19-31(30)41-32)7-5-6-26-12-16-44-17-13-26/h8-11,18-20,23,26,30,40,42H,1,5-7,12-17,21-22H2,2-4H3/b33-18-. The summed E-state index contributed by atoms with van der Waals surface area (Å²) in [5, 5.41) is 14.6. The molecule has 0 aromatic heterocycles. The molecule has 4 aliphatic rings. The molecular weight excluding hydrogens is 565 g/mol. The van der Waals surface area contributed by atoms with E-state index in [-0.39, 0.29) is 31.1 Å². The molecule has 2 fully saturated rings. The highest BCUT2D eigenvalue weighted by atomic mass is 19.4. The smallest absolute Gasteiger partial charge is 0.401 e. The van der Waals surface area contributed by atoms with Crippen molar-refractivity contribution in [2.75, 3.05) is 20.3 Å². The third-order valence-electron chi connectivity index (χ3n) is 9.37. The number of methoxy groups -OCH3 is 1. The number of nitrogens with zero attached hydrogens (tertiary/aromatic N) is 1. The molecule has 0 bridgehead atoms. The van der Waals surface area contributed by atoms with Crippen LogP contribution in [0, 0.1) is 11.3 Å². The van der Waals surface area contributed by atoms with Gasteiger partial charge in [0.2, 0.25) is 0 Å². The summed E-state index contributed by atoms with van der Waals surface area (Å²) in [7, 11) is 1.25. The van der Waals surface area contributed by atoms with E-state index in [2.05, 4.69) is 31.0 Å². The largest absolute Gasteiger partial charge is 0.500 e. The Morgan fingerprint density at radius 3 is 2.55 bits per heavy atom. The molecule has 0 radical (unpaired) electrons. The molecule has 238 valence electrons. The Balaban J connectivity index is 1.16. The van der Waals surface area contributed by atoms with Crippen molar-refractivity contribution in [2.24, 2.45) is 16.3 Å². The van der Waals surface area contributed by atoms with Crippen LogP contribution in [0.3, 0.4) is 0 Å². The van der Waals surface area contributed by atoms with Crippen molar-refractivity contribution in [1.82, 2.24) is 5.32 Å². The Morgan fingerprint density at radius 2 is 1.91 bits per heavy atom. The van der Waals surface area contributed by atoms with Gasteiger partial charge in [-0.1, -0.05) is 36.9 Å². The van der Waals surface area contributed by atoms with Gasteiger partial charge in [0, 0.05) is 37.8 Å². The topological polar surface area (TPSA) is 63.1 Å². The number of ether oxygens (including phenoxy) is 2. The third-order valence-corrected chi connectivity index (χ3v) is 9.37. The van der Waals surface area contributed by atoms with Crippen molar-refractivity contribution in [3.05, 3.63) is 88.9 Å². The molecule has 1 saturated carbocycles. The molecule has 0 spiro atoms. The van der Waals surface area contributed by atoms with Crippen LogP contribution >= 0.6 is 0 Å². The van der Waals surface area contributed by atoms with Crippen molar-refractivity contribution in [1.29, 1.82) is 0 Å². The number of nitrogens with one attached hydrogen (secondary N) is 1. The molecule has 1 aromatic rings. The van der Waals surface area contributed by atoms with Crippen LogP contribution in [-0.4, -0.2) is 49.0 Å². The maximum absolute atomic E-state index is 13.6. The first kappa shape index (κ1) is 32.3. The molecule has 2 atom stereocenters. The number of benzene rings is 1. The summed E-state index contributed by atoms with van der Waals surface area (Å²) in [5.74, 6) is 0.658. The number of hydrogen-bond donors (Lipinski definition) is 2. The normalized spacial score (nSPS) is 23.2. The van der Waals surface area contributed by atoms with Crippen LogP contribution in [-0.2, 0) is 15.9 Å².